The molecule has 28 heavy (non-hydrogen) atoms. The van der Waals surface area contributed by atoms with Crippen molar-refractivity contribution >= 4 is 39.1 Å². The van der Waals surface area contributed by atoms with E-state index < -0.39 is 0 Å². The van der Waals surface area contributed by atoms with Crippen molar-refractivity contribution in [3.8, 4) is 10.4 Å². The van der Waals surface area contributed by atoms with Crippen molar-refractivity contribution in [1.82, 2.24) is 9.97 Å². The van der Waals surface area contributed by atoms with Crippen LogP contribution in [0.5, 0.6) is 0 Å². The number of fused-ring (bicyclic) bond motifs is 1. The second-order valence-corrected chi connectivity index (χ2v) is 8.78. The minimum atomic E-state index is 0.121. The van der Waals surface area contributed by atoms with Gasteiger partial charge in [-0.15, -0.1) is 11.3 Å². The maximum absolute atomic E-state index is 12.7. The summed E-state index contributed by atoms with van der Waals surface area (Å²) in [7, 11) is 0. The molecular formula is C23H20N2OS2. The zero-order valence-corrected chi connectivity index (χ0v) is 17.7. The molecule has 0 fully saturated rings. The highest BCUT2D eigenvalue weighted by molar-refractivity contribution is 8.00. The van der Waals surface area contributed by atoms with Gasteiger partial charge in [0.05, 0.1) is 5.75 Å². The number of benzene rings is 2. The van der Waals surface area contributed by atoms with Gasteiger partial charge in [0.15, 0.2) is 5.78 Å². The van der Waals surface area contributed by atoms with Crippen molar-refractivity contribution in [2.24, 2.45) is 0 Å². The van der Waals surface area contributed by atoms with Crippen LogP contribution in [0.3, 0.4) is 0 Å². The molecule has 0 aliphatic heterocycles. The summed E-state index contributed by atoms with van der Waals surface area (Å²) >= 11 is 3.16. The number of Topliss-reactive ketones (excluding diaryl/α,β-unsaturated/α-hetero) is 1. The molecule has 0 aliphatic rings. The first kappa shape index (κ1) is 18.8. The van der Waals surface area contributed by atoms with E-state index in [-0.39, 0.29) is 5.78 Å². The molecule has 140 valence electrons. The topological polar surface area (TPSA) is 42.9 Å². The minimum Gasteiger partial charge on any atom is -0.293 e. The van der Waals surface area contributed by atoms with Gasteiger partial charge in [-0.1, -0.05) is 54.2 Å². The average molecular weight is 405 g/mol. The third-order valence-corrected chi connectivity index (χ3v) is 6.77. The van der Waals surface area contributed by atoms with Crippen LogP contribution in [0.2, 0.25) is 0 Å². The molecular weight excluding hydrogens is 384 g/mol. The van der Waals surface area contributed by atoms with Crippen LogP contribution in [0.1, 0.15) is 27.3 Å². The number of carbonyl (C=O) groups is 1. The molecule has 0 saturated heterocycles. The van der Waals surface area contributed by atoms with Crippen LogP contribution in [0, 0.1) is 20.8 Å². The number of hydrogen-bond donors (Lipinski definition) is 0. The Morgan fingerprint density at radius 1 is 0.964 bits per heavy atom. The van der Waals surface area contributed by atoms with Crippen LogP contribution in [0.25, 0.3) is 20.7 Å². The quantitative estimate of drug-likeness (QED) is 0.224. The number of thiophene rings is 1. The van der Waals surface area contributed by atoms with E-state index in [9.17, 15) is 4.79 Å². The first-order chi connectivity index (χ1) is 13.5. The lowest BCUT2D eigenvalue weighted by Gasteiger charge is -2.06. The Labute approximate surface area is 172 Å². The van der Waals surface area contributed by atoms with Gasteiger partial charge in [0.1, 0.15) is 15.7 Å². The van der Waals surface area contributed by atoms with Crippen molar-refractivity contribution in [3.05, 3.63) is 77.1 Å². The van der Waals surface area contributed by atoms with Crippen LogP contribution < -0.4 is 0 Å². The van der Waals surface area contributed by atoms with E-state index in [2.05, 4.69) is 35.1 Å². The summed E-state index contributed by atoms with van der Waals surface area (Å²) in [4.78, 5) is 24.0. The largest absolute Gasteiger partial charge is 0.293 e. The maximum Gasteiger partial charge on any atom is 0.173 e. The first-order valence-corrected chi connectivity index (χ1v) is 10.9. The lowest BCUT2D eigenvalue weighted by molar-refractivity contribution is 0.102. The highest BCUT2D eigenvalue weighted by atomic mass is 32.2. The minimum absolute atomic E-state index is 0.121. The molecule has 2 aromatic carbocycles. The standard InChI is InChI=1S/C23H20N2OS2/c1-14-9-10-18(11-15(14)2)20(26)13-27-22-19-12-21(17-7-5-4-6-8-17)28-23(19)25-16(3)24-22/h4-12H,13H2,1-3H3. The lowest BCUT2D eigenvalue weighted by Crippen LogP contribution is -2.04. The van der Waals surface area contributed by atoms with Crippen LogP contribution in [0.4, 0.5) is 0 Å². The van der Waals surface area contributed by atoms with Crippen LogP contribution in [0.15, 0.2) is 59.6 Å². The predicted octanol–water partition coefficient (Wildman–Crippen LogP) is 6.26. The first-order valence-electron chi connectivity index (χ1n) is 9.08. The van der Waals surface area contributed by atoms with Gasteiger partial charge < -0.3 is 0 Å². The zero-order valence-electron chi connectivity index (χ0n) is 16.0. The van der Waals surface area contributed by atoms with Crippen LogP contribution in [-0.2, 0) is 0 Å². The molecule has 3 nitrogen and oxygen atoms in total. The number of aromatic nitrogens is 2. The zero-order chi connectivity index (χ0) is 19.7. The summed E-state index contributed by atoms with van der Waals surface area (Å²) in [5.74, 6) is 1.22. The van der Waals surface area contributed by atoms with Crippen molar-refractivity contribution < 1.29 is 4.79 Å². The van der Waals surface area contributed by atoms with Crippen molar-refractivity contribution in [2.45, 2.75) is 25.8 Å². The molecule has 5 heteroatoms. The fraction of sp³-hybridized carbons (Fsp3) is 0.174. The number of ketones is 1. The van der Waals surface area contributed by atoms with E-state index in [1.165, 1.54) is 22.9 Å². The van der Waals surface area contributed by atoms with Crippen molar-refractivity contribution in [3.63, 3.8) is 0 Å². The molecule has 0 spiro atoms. The van der Waals surface area contributed by atoms with Gasteiger partial charge in [-0.25, -0.2) is 9.97 Å². The Morgan fingerprint density at radius 2 is 1.75 bits per heavy atom. The Hall–Kier alpha value is -2.50. The van der Waals surface area contributed by atoms with E-state index in [0.717, 1.165) is 37.1 Å². The van der Waals surface area contributed by atoms with E-state index in [1.54, 1.807) is 11.3 Å². The van der Waals surface area contributed by atoms with Crippen LogP contribution in [-0.4, -0.2) is 21.5 Å². The Bertz CT molecular complexity index is 1170. The summed E-state index contributed by atoms with van der Waals surface area (Å²) in [6.07, 6.45) is 0. The average Bonchev–Trinajstić information content (AvgIpc) is 3.12. The van der Waals surface area contributed by atoms with E-state index in [0.29, 0.717) is 5.75 Å². The van der Waals surface area contributed by atoms with Gasteiger partial charge in [-0.3, -0.25) is 4.79 Å². The summed E-state index contributed by atoms with van der Waals surface area (Å²) < 4.78 is 0. The molecule has 0 amide bonds. The van der Waals surface area contributed by atoms with Crippen molar-refractivity contribution in [2.75, 3.05) is 5.75 Å². The molecule has 2 aromatic heterocycles. The molecule has 4 aromatic rings. The number of nitrogens with zero attached hydrogens (tertiary/aromatic N) is 2. The van der Waals surface area contributed by atoms with Crippen molar-refractivity contribution in [1.29, 1.82) is 0 Å². The number of hydrogen-bond acceptors (Lipinski definition) is 5. The van der Waals surface area contributed by atoms with Gasteiger partial charge in [0, 0.05) is 15.8 Å². The Balaban J connectivity index is 1.62. The predicted molar refractivity (Wildman–Crippen MR) is 119 cm³/mol. The SMILES string of the molecule is Cc1nc(SCC(=O)c2ccc(C)c(C)c2)c2cc(-c3ccccc3)sc2n1. The number of rotatable bonds is 5. The smallest absolute Gasteiger partial charge is 0.173 e. The fourth-order valence-corrected chi connectivity index (χ4v) is 5.07. The Morgan fingerprint density at radius 3 is 2.50 bits per heavy atom. The van der Waals surface area contributed by atoms with Gasteiger partial charge in [-0.05, 0) is 49.6 Å². The highest BCUT2D eigenvalue weighted by Crippen LogP contribution is 2.36. The molecule has 0 aliphatic carbocycles. The summed E-state index contributed by atoms with van der Waals surface area (Å²) in [6, 6.07) is 18.3. The fourth-order valence-electron chi connectivity index (χ4n) is 2.98. The Kier molecular flexibility index (Phi) is 5.29. The third-order valence-electron chi connectivity index (χ3n) is 4.70. The second-order valence-electron chi connectivity index (χ2n) is 6.78. The van der Waals surface area contributed by atoms with E-state index >= 15 is 0 Å². The molecule has 0 N–H and O–H groups in total. The van der Waals surface area contributed by atoms with Gasteiger partial charge in [0.2, 0.25) is 0 Å². The van der Waals surface area contributed by atoms with Gasteiger partial charge in [-0.2, -0.15) is 0 Å². The third kappa shape index (κ3) is 3.86. The summed E-state index contributed by atoms with van der Waals surface area (Å²) in [5.41, 5.74) is 4.27. The molecule has 0 unspecified atom stereocenters. The summed E-state index contributed by atoms with van der Waals surface area (Å²) in [6.45, 7) is 5.99. The van der Waals surface area contributed by atoms with Crippen LogP contribution >= 0.6 is 23.1 Å². The highest BCUT2D eigenvalue weighted by Gasteiger charge is 2.14. The normalized spacial score (nSPS) is 11.1. The second kappa shape index (κ2) is 7.86. The number of aryl methyl sites for hydroxylation is 3. The lowest BCUT2D eigenvalue weighted by atomic mass is 10.0. The summed E-state index contributed by atoms with van der Waals surface area (Å²) in [5, 5.41) is 1.89. The molecule has 0 saturated carbocycles. The maximum atomic E-state index is 12.7. The number of carbonyl (C=O) groups excluding carboxylic acids is 1. The molecule has 2 heterocycles. The monoisotopic (exact) mass is 404 g/mol. The van der Waals surface area contributed by atoms with E-state index in [1.807, 2.05) is 50.2 Å². The molecule has 0 radical (unpaired) electrons. The molecule has 4 rings (SSSR count). The number of thioether (sulfide) groups is 1. The van der Waals surface area contributed by atoms with Gasteiger partial charge in [0.25, 0.3) is 0 Å². The van der Waals surface area contributed by atoms with E-state index in [4.69, 9.17) is 0 Å². The van der Waals surface area contributed by atoms with Gasteiger partial charge >= 0.3 is 0 Å². The molecule has 0 atom stereocenters. The molecule has 0 bridgehead atoms.